The van der Waals surface area contributed by atoms with Crippen molar-refractivity contribution in [1.29, 1.82) is 0 Å². The summed E-state index contributed by atoms with van der Waals surface area (Å²) in [5, 5.41) is 2.96. The van der Waals surface area contributed by atoms with Crippen molar-refractivity contribution >= 4 is 17.7 Å². The predicted molar refractivity (Wildman–Crippen MR) is 137 cm³/mol. The number of anilines is 1. The highest BCUT2D eigenvalue weighted by Gasteiger charge is 2.16. The van der Waals surface area contributed by atoms with Gasteiger partial charge in [-0.3, -0.25) is 9.69 Å². The highest BCUT2D eigenvalue weighted by atomic mass is 16.5. The van der Waals surface area contributed by atoms with Gasteiger partial charge in [-0.2, -0.15) is 0 Å². The average Bonchev–Trinajstić information content (AvgIpc) is 2.89. The topological polar surface area (TPSA) is 63.3 Å². The van der Waals surface area contributed by atoms with Crippen molar-refractivity contribution in [1.82, 2.24) is 10.2 Å². The van der Waals surface area contributed by atoms with Gasteiger partial charge in [0.15, 0.2) is 11.5 Å². The Hall–Kier alpha value is -3.45. The zero-order valence-corrected chi connectivity index (χ0v) is 20.2. The smallest absolute Gasteiger partial charge is 0.243 e. The van der Waals surface area contributed by atoms with Crippen LogP contribution in [0, 0.1) is 0 Å². The molecular weight excluding hydrogens is 430 g/mol. The number of methoxy groups -OCH3 is 2. The van der Waals surface area contributed by atoms with E-state index in [2.05, 4.69) is 33.8 Å². The number of nitrogens with zero attached hydrogens (tertiary/aromatic N) is 2. The minimum absolute atomic E-state index is 0.102. The Morgan fingerprint density at radius 2 is 1.79 bits per heavy atom. The van der Waals surface area contributed by atoms with Crippen molar-refractivity contribution in [3.63, 3.8) is 0 Å². The molecule has 1 aliphatic heterocycles. The number of nitrogens with one attached hydrogen (secondary N) is 1. The van der Waals surface area contributed by atoms with Crippen LogP contribution in [-0.4, -0.2) is 70.9 Å². The summed E-state index contributed by atoms with van der Waals surface area (Å²) >= 11 is 0. The molecule has 7 nitrogen and oxygen atoms in total. The number of ether oxygens (including phenoxy) is 3. The maximum Gasteiger partial charge on any atom is 0.243 e. The Morgan fingerprint density at radius 3 is 2.47 bits per heavy atom. The van der Waals surface area contributed by atoms with Crippen molar-refractivity contribution in [3.05, 3.63) is 66.8 Å². The van der Waals surface area contributed by atoms with Crippen molar-refractivity contribution in [3.8, 4) is 17.2 Å². The van der Waals surface area contributed by atoms with E-state index in [1.807, 2.05) is 30.3 Å². The van der Waals surface area contributed by atoms with E-state index in [-0.39, 0.29) is 5.91 Å². The number of piperazine rings is 1. The van der Waals surface area contributed by atoms with E-state index < -0.39 is 0 Å². The van der Waals surface area contributed by atoms with Crippen LogP contribution in [-0.2, 0) is 4.79 Å². The number of carbonyl (C=O) groups excluding carboxylic acids is 1. The molecule has 0 radical (unpaired) electrons. The second-order valence-electron chi connectivity index (χ2n) is 8.01. The molecule has 34 heavy (non-hydrogen) atoms. The van der Waals surface area contributed by atoms with Gasteiger partial charge in [-0.25, -0.2) is 0 Å². The van der Waals surface area contributed by atoms with E-state index in [0.717, 1.165) is 50.5 Å². The first-order valence-electron chi connectivity index (χ1n) is 11.6. The summed E-state index contributed by atoms with van der Waals surface area (Å²) in [4.78, 5) is 17.0. The first-order valence-corrected chi connectivity index (χ1v) is 11.6. The minimum Gasteiger partial charge on any atom is -0.497 e. The van der Waals surface area contributed by atoms with Crippen LogP contribution in [0.15, 0.2) is 61.2 Å². The van der Waals surface area contributed by atoms with E-state index in [9.17, 15) is 4.79 Å². The number of carbonyl (C=O) groups is 1. The summed E-state index contributed by atoms with van der Waals surface area (Å²) in [7, 11) is 3.28. The minimum atomic E-state index is -0.102. The second-order valence-corrected chi connectivity index (χ2v) is 8.01. The molecule has 1 saturated heterocycles. The molecule has 1 N–H and O–H groups in total. The third-order valence-corrected chi connectivity index (χ3v) is 5.73. The lowest BCUT2D eigenvalue weighted by Gasteiger charge is -2.36. The van der Waals surface area contributed by atoms with Gasteiger partial charge in [0.05, 0.1) is 14.2 Å². The summed E-state index contributed by atoms with van der Waals surface area (Å²) in [6, 6.07) is 13.8. The van der Waals surface area contributed by atoms with Crippen LogP contribution < -0.4 is 24.4 Å². The number of benzene rings is 2. The van der Waals surface area contributed by atoms with Gasteiger partial charge >= 0.3 is 0 Å². The third kappa shape index (κ3) is 7.56. The zero-order chi connectivity index (χ0) is 24.2. The quantitative estimate of drug-likeness (QED) is 0.294. The van der Waals surface area contributed by atoms with E-state index in [0.29, 0.717) is 24.7 Å². The Morgan fingerprint density at radius 1 is 1.03 bits per heavy atom. The number of amides is 1. The molecule has 1 heterocycles. The molecule has 2 aromatic carbocycles. The molecule has 1 aliphatic rings. The summed E-state index contributed by atoms with van der Waals surface area (Å²) in [6.45, 7) is 9.73. The Kier molecular flexibility index (Phi) is 9.85. The van der Waals surface area contributed by atoms with Gasteiger partial charge < -0.3 is 24.4 Å². The van der Waals surface area contributed by atoms with Crippen molar-refractivity contribution < 1.29 is 19.0 Å². The van der Waals surface area contributed by atoms with E-state index >= 15 is 0 Å². The zero-order valence-electron chi connectivity index (χ0n) is 20.2. The van der Waals surface area contributed by atoms with Crippen molar-refractivity contribution in [2.24, 2.45) is 0 Å². The first-order chi connectivity index (χ1) is 16.6. The van der Waals surface area contributed by atoms with Crippen LogP contribution in [0.1, 0.15) is 12.0 Å². The van der Waals surface area contributed by atoms with Gasteiger partial charge in [0.25, 0.3) is 0 Å². The third-order valence-electron chi connectivity index (χ3n) is 5.73. The molecular formula is C27H35N3O4. The van der Waals surface area contributed by atoms with Gasteiger partial charge in [-0.05, 0) is 61.0 Å². The normalized spacial score (nSPS) is 14.1. The molecule has 182 valence electrons. The van der Waals surface area contributed by atoms with Gasteiger partial charge in [-0.15, -0.1) is 0 Å². The van der Waals surface area contributed by atoms with Crippen LogP contribution >= 0.6 is 0 Å². The summed E-state index contributed by atoms with van der Waals surface area (Å²) in [5.74, 6) is 2.05. The van der Waals surface area contributed by atoms with E-state index in [1.54, 1.807) is 32.4 Å². The highest BCUT2D eigenvalue weighted by Crippen LogP contribution is 2.28. The molecule has 0 aromatic heterocycles. The van der Waals surface area contributed by atoms with Gasteiger partial charge in [0.1, 0.15) is 12.4 Å². The molecule has 1 fully saturated rings. The van der Waals surface area contributed by atoms with Crippen LogP contribution in [0.25, 0.3) is 6.08 Å². The predicted octanol–water partition coefficient (Wildman–Crippen LogP) is 3.61. The highest BCUT2D eigenvalue weighted by molar-refractivity contribution is 5.91. The standard InChI is InChI=1S/C27H35N3O4/c1-4-20-34-25-12-6-22(21-26(25)33-3)7-13-27(31)28-14-5-15-29-16-18-30(19-17-29)23-8-10-24(32-2)11-9-23/h4,6-13,21H,1,5,14-20H2,2-3H3,(H,28,31)/b13-7+. The number of hydrogen-bond acceptors (Lipinski definition) is 6. The van der Waals surface area contributed by atoms with Crippen LogP contribution in [0.2, 0.25) is 0 Å². The molecule has 7 heteroatoms. The lowest BCUT2D eigenvalue weighted by atomic mass is 10.2. The van der Waals surface area contributed by atoms with Crippen LogP contribution in [0.5, 0.6) is 17.2 Å². The lowest BCUT2D eigenvalue weighted by Crippen LogP contribution is -2.47. The van der Waals surface area contributed by atoms with Gasteiger partial charge in [-0.1, -0.05) is 18.7 Å². The number of hydrogen-bond donors (Lipinski definition) is 1. The van der Waals surface area contributed by atoms with E-state index in [1.165, 1.54) is 5.69 Å². The summed E-state index contributed by atoms with van der Waals surface area (Å²) in [5.41, 5.74) is 2.10. The molecule has 2 aromatic rings. The average molecular weight is 466 g/mol. The van der Waals surface area contributed by atoms with Crippen LogP contribution in [0.3, 0.4) is 0 Å². The maximum atomic E-state index is 12.2. The molecule has 3 rings (SSSR count). The molecule has 0 spiro atoms. The molecule has 1 amide bonds. The van der Waals surface area contributed by atoms with E-state index in [4.69, 9.17) is 14.2 Å². The Bertz CT molecular complexity index is 951. The maximum absolute atomic E-state index is 12.2. The Labute approximate surface area is 202 Å². The van der Waals surface area contributed by atoms with Crippen molar-refractivity contribution in [2.45, 2.75) is 6.42 Å². The monoisotopic (exact) mass is 465 g/mol. The largest absolute Gasteiger partial charge is 0.497 e. The Balaban J connectivity index is 1.34. The molecule has 0 aliphatic carbocycles. The molecule has 0 unspecified atom stereocenters. The first kappa shape index (κ1) is 25.2. The van der Waals surface area contributed by atoms with Gasteiger partial charge in [0, 0.05) is 44.5 Å². The van der Waals surface area contributed by atoms with Crippen LogP contribution in [0.4, 0.5) is 5.69 Å². The molecule has 0 bridgehead atoms. The molecule has 0 saturated carbocycles. The number of rotatable bonds is 12. The SMILES string of the molecule is C=CCOc1ccc(/C=C/C(=O)NCCCN2CCN(c3ccc(OC)cc3)CC2)cc1OC. The fourth-order valence-electron chi connectivity index (χ4n) is 3.82. The summed E-state index contributed by atoms with van der Waals surface area (Å²) in [6.07, 6.45) is 5.92. The fraction of sp³-hybridized carbons (Fsp3) is 0.370. The molecule has 0 atom stereocenters. The fourth-order valence-corrected chi connectivity index (χ4v) is 3.82. The van der Waals surface area contributed by atoms with Crippen molar-refractivity contribution in [2.75, 3.05) is 65.0 Å². The lowest BCUT2D eigenvalue weighted by molar-refractivity contribution is -0.116. The summed E-state index contributed by atoms with van der Waals surface area (Å²) < 4.78 is 16.1. The van der Waals surface area contributed by atoms with Gasteiger partial charge in [0.2, 0.25) is 5.91 Å². The second kappa shape index (κ2) is 13.3.